The van der Waals surface area contributed by atoms with Gasteiger partial charge in [0.1, 0.15) is 18.2 Å². The van der Waals surface area contributed by atoms with Gasteiger partial charge in [-0.2, -0.15) is 5.10 Å². The van der Waals surface area contributed by atoms with Crippen LogP contribution in [0.4, 0.5) is 4.39 Å². The molecule has 1 aromatic heterocycles. The van der Waals surface area contributed by atoms with Crippen molar-refractivity contribution in [2.24, 2.45) is 5.10 Å². The number of hydrogen-bond donors (Lipinski definition) is 1. The normalized spacial score (nSPS) is 11.7. The highest BCUT2D eigenvalue weighted by Gasteiger charge is 2.11. The number of carbonyl (C=O) groups excluding carboxylic acids is 1. The van der Waals surface area contributed by atoms with E-state index in [1.54, 1.807) is 25.1 Å². The maximum atomic E-state index is 13.7. The summed E-state index contributed by atoms with van der Waals surface area (Å²) in [5, 5.41) is 3.99. The fourth-order valence-corrected chi connectivity index (χ4v) is 2.54. The molecule has 0 bridgehead atoms. The number of aryl methyl sites for hydroxylation is 1. The third-order valence-electron chi connectivity index (χ3n) is 3.76. The summed E-state index contributed by atoms with van der Waals surface area (Å²) in [4.78, 5) is 16.6. The van der Waals surface area contributed by atoms with Crippen LogP contribution in [0.1, 0.15) is 18.3 Å². The molecule has 6 heteroatoms. The minimum Gasteiger partial charge on any atom is -0.319 e. The molecule has 24 heavy (non-hydrogen) atoms. The standard InChI is InChI=1S/C18H17FN4O/c1-12(14-7-3-4-8-15(14)19)21-22-18(24)11-23-13(2)20-16-9-5-6-10-17(16)23/h3-10H,11H2,1-2H3,(H,22,24)/b21-12-. The molecule has 122 valence electrons. The quantitative estimate of drug-likeness (QED) is 0.592. The SMILES string of the molecule is C/C(=N/NC(=O)Cn1c(C)nc2ccccc21)c1ccccc1F. The highest BCUT2D eigenvalue weighted by molar-refractivity contribution is 5.99. The monoisotopic (exact) mass is 324 g/mol. The van der Waals surface area contributed by atoms with E-state index < -0.39 is 0 Å². The van der Waals surface area contributed by atoms with Gasteiger partial charge in [-0.1, -0.05) is 30.3 Å². The summed E-state index contributed by atoms with van der Waals surface area (Å²) in [7, 11) is 0. The van der Waals surface area contributed by atoms with Crippen LogP contribution >= 0.6 is 0 Å². The van der Waals surface area contributed by atoms with Crippen molar-refractivity contribution in [1.82, 2.24) is 15.0 Å². The lowest BCUT2D eigenvalue weighted by atomic mass is 10.1. The minimum absolute atomic E-state index is 0.0976. The van der Waals surface area contributed by atoms with Gasteiger partial charge >= 0.3 is 0 Å². The molecule has 1 N–H and O–H groups in total. The van der Waals surface area contributed by atoms with Gasteiger partial charge in [0.2, 0.25) is 0 Å². The number of hydrogen-bond acceptors (Lipinski definition) is 3. The summed E-state index contributed by atoms with van der Waals surface area (Å²) in [5.41, 5.74) is 4.98. The molecule has 0 saturated carbocycles. The molecule has 0 aliphatic rings. The number of fused-ring (bicyclic) bond motifs is 1. The largest absolute Gasteiger partial charge is 0.319 e. The molecule has 3 aromatic rings. The number of amides is 1. The van der Waals surface area contributed by atoms with Crippen LogP contribution in [0.5, 0.6) is 0 Å². The second-order valence-electron chi connectivity index (χ2n) is 5.45. The number of nitrogens with one attached hydrogen (secondary N) is 1. The second kappa shape index (κ2) is 6.62. The van der Waals surface area contributed by atoms with Gasteiger partial charge in [0.15, 0.2) is 0 Å². The van der Waals surface area contributed by atoms with E-state index in [0.29, 0.717) is 11.3 Å². The number of aromatic nitrogens is 2. The van der Waals surface area contributed by atoms with Crippen molar-refractivity contribution >= 4 is 22.7 Å². The minimum atomic E-state index is -0.371. The van der Waals surface area contributed by atoms with E-state index in [2.05, 4.69) is 15.5 Å². The third-order valence-corrected chi connectivity index (χ3v) is 3.76. The van der Waals surface area contributed by atoms with Crippen LogP contribution in [-0.4, -0.2) is 21.2 Å². The first kappa shape index (κ1) is 15.9. The van der Waals surface area contributed by atoms with Gasteiger partial charge in [0, 0.05) is 5.56 Å². The molecule has 0 saturated heterocycles. The van der Waals surface area contributed by atoms with Crippen molar-refractivity contribution in [2.75, 3.05) is 0 Å². The first-order valence-electron chi connectivity index (χ1n) is 7.56. The Morgan fingerprint density at radius 1 is 1.21 bits per heavy atom. The van der Waals surface area contributed by atoms with E-state index in [-0.39, 0.29) is 18.3 Å². The van der Waals surface area contributed by atoms with E-state index in [9.17, 15) is 9.18 Å². The van der Waals surface area contributed by atoms with Gasteiger partial charge in [-0.25, -0.2) is 14.8 Å². The first-order chi connectivity index (χ1) is 11.6. The predicted octanol–water partition coefficient (Wildman–Crippen LogP) is 3.02. The number of carbonyl (C=O) groups is 1. The fourth-order valence-electron chi connectivity index (χ4n) is 2.54. The number of para-hydroxylation sites is 2. The van der Waals surface area contributed by atoms with Crippen LogP contribution in [-0.2, 0) is 11.3 Å². The predicted molar refractivity (Wildman–Crippen MR) is 91.2 cm³/mol. The second-order valence-corrected chi connectivity index (χ2v) is 5.45. The fraction of sp³-hybridized carbons (Fsp3) is 0.167. The van der Waals surface area contributed by atoms with Crippen LogP contribution in [0.2, 0.25) is 0 Å². The Balaban J connectivity index is 1.75. The number of nitrogens with zero attached hydrogens (tertiary/aromatic N) is 3. The van der Waals surface area contributed by atoms with E-state index in [1.165, 1.54) is 6.07 Å². The molecule has 1 amide bonds. The number of benzene rings is 2. The van der Waals surface area contributed by atoms with Crippen LogP contribution in [0.3, 0.4) is 0 Å². The van der Waals surface area contributed by atoms with Crippen molar-refractivity contribution in [1.29, 1.82) is 0 Å². The summed E-state index contributed by atoms with van der Waals surface area (Å²) in [5.74, 6) is 0.0857. The van der Waals surface area contributed by atoms with Gasteiger partial charge in [-0.15, -0.1) is 0 Å². The molecule has 2 aromatic carbocycles. The number of imidazole rings is 1. The molecule has 1 heterocycles. The lowest BCUT2D eigenvalue weighted by Gasteiger charge is -2.07. The maximum Gasteiger partial charge on any atom is 0.260 e. The number of hydrazone groups is 1. The Kier molecular flexibility index (Phi) is 4.37. The van der Waals surface area contributed by atoms with Gasteiger partial charge in [-0.3, -0.25) is 4.79 Å². The summed E-state index contributed by atoms with van der Waals surface area (Å²) in [6.07, 6.45) is 0. The van der Waals surface area contributed by atoms with Gasteiger partial charge in [0.25, 0.3) is 5.91 Å². The molecule has 3 rings (SSSR count). The van der Waals surface area contributed by atoms with Gasteiger partial charge in [0.05, 0.1) is 16.7 Å². The van der Waals surface area contributed by atoms with E-state index in [1.807, 2.05) is 35.8 Å². The zero-order valence-corrected chi connectivity index (χ0v) is 13.5. The van der Waals surface area contributed by atoms with Gasteiger partial charge < -0.3 is 4.57 Å². The van der Waals surface area contributed by atoms with Crippen molar-refractivity contribution < 1.29 is 9.18 Å². The Morgan fingerprint density at radius 3 is 2.71 bits per heavy atom. The summed E-state index contributed by atoms with van der Waals surface area (Å²) in [6.45, 7) is 3.60. The third kappa shape index (κ3) is 3.17. The maximum absolute atomic E-state index is 13.7. The molecule has 0 atom stereocenters. The smallest absolute Gasteiger partial charge is 0.260 e. The number of rotatable bonds is 4. The lowest BCUT2D eigenvalue weighted by molar-refractivity contribution is -0.121. The average molecular weight is 324 g/mol. The highest BCUT2D eigenvalue weighted by Crippen LogP contribution is 2.15. The summed E-state index contributed by atoms with van der Waals surface area (Å²) >= 11 is 0. The van der Waals surface area contributed by atoms with Crippen molar-refractivity contribution in [3.63, 3.8) is 0 Å². The zero-order valence-electron chi connectivity index (χ0n) is 13.5. The molecule has 0 fully saturated rings. The van der Waals surface area contributed by atoms with Crippen molar-refractivity contribution in [2.45, 2.75) is 20.4 Å². The average Bonchev–Trinajstić information content (AvgIpc) is 2.89. The highest BCUT2D eigenvalue weighted by atomic mass is 19.1. The van der Waals surface area contributed by atoms with Crippen LogP contribution in [0.25, 0.3) is 11.0 Å². The Morgan fingerprint density at radius 2 is 1.92 bits per heavy atom. The Labute approximate surface area is 138 Å². The van der Waals surface area contributed by atoms with E-state index in [4.69, 9.17) is 0 Å². The van der Waals surface area contributed by atoms with Crippen LogP contribution in [0.15, 0.2) is 53.6 Å². The molecule has 0 aliphatic heterocycles. The van der Waals surface area contributed by atoms with E-state index >= 15 is 0 Å². The number of halogens is 1. The molecule has 0 spiro atoms. The topological polar surface area (TPSA) is 59.3 Å². The molecular formula is C18H17FN4O. The molecule has 5 nitrogen and oxygen atoms in total. The lowest BCUT2D eigenvalue weighted by Crippen LogP contribution is -2.24. The van der Waals surface area contributed by atoms with Crippen LogP contribution in [0, 0.1) is 12.7 Å². The summed E-state index contributed by atoms with van der Waals surface area (Å²) in [6, 6.07) is 13.9. The molecular weight excluding hydrogens is 307 g/mol. The Hall–Kier alpha value is -3.02. The zero-order chi connectivity index (χ0) is 17.1. The van der Waals surface area contributed by atoms with Crippen molar-refractivity contribution in [3.05, 3.63) is 65.7 Å². The summed E-state index contributed by atoms with van der Waals surface area (Å²) < 4.78 is 15.5. The molecule has 0 radical (unpaired) electrons. The van der Waals surface area contributed by atoms with Crippen LogP contribution < -0.4 is 5.43 Å². The first-order valence-corrected chi connectivity index (χ1v) is 7.56. The van der Waals surface area contributed by atoms with E-state index in [0.717, 1.165) is 16.9 Å². The Bertz CT molecular complexity index is 930. The van der Waals surface area contributed by atoms with Crippen molar-refractivity contribution in [3.8, 4) is 0 Å². The molecule has 0 unspecified atom stereocenters. The molecule has 0 aliphatic carbocycles. The van der Waals surface area contributed by atoms with Gasteiger partial charge in [-0.05, 0) is 32.0 Å².